The lowest BCUT2D eigenvalue weighted by molar-refractivity contribution is -0.112. The summed E-state index contributed by atoms with van der Waals surface area (Å²) >= 11 is 1.53. The molecule has 128 valence electrons. The molecule has 2 aromatic carbocycles. The lowest BCUT2D eigenvalue weighted by atomic mass is 9.92. The minimum atomic E-state index is -0.325. The lowest BCUT2D eigenvalue weighted by Crippen LogP contribution is -2.42. The van der Waals surface area contributed by atoms with Gasteiger partial charge in [0.15, 0.2) is 0 Å². The summed E-state index contributed by atoms with van der Waals surface area (Å²) in [6, 6.07) is 14.6. The Kier molecular flexibility index (Phi) is 4.01. The van der Waals surface area contributed by atoms with Crippen LogP contribution in [0.25, 0.3) is 11.6 Å². The third-order valence-corrected chi connectivity index (χ3v) is 5.16. The van der Waals surface area contributed by atoms with Crippen LogP contribution in [0.2, 0.25) is 0 Å². The number of para-hydroxylation sites is 1. The number of aryl methyl sites for hydroxylation is 2. The van der Waals surface area contributed by atoms with E-state index in [1.165, 1.54) is 16.2 Å². The smallest absolute Gasteiger partial charge is 0.266 e. The highest BCUT2D eigenvalue weighted by Crippen LogP contribution is 2.34. The molecule has 0 saturated carbocycles. The summed E-state index contributed by atoms with van der Waals surface area (Å²) in [5.41, 5.74) is 3.86. The van der Waals surface area contributed by atoms with Crippen LogP contribution in [-0.4, -0.2) is 16.8 Å². The number of benzene rings is 2. The number of hydrogen-bond acceptors (Lipinski definition) is 4. The van der Waals surface area contributed by atoms with Gasteiger partial charge in [-0.05, 0) is 37.6 Å². The van der Waals surface area contributed by atoms with E-state index in [1.807, 2.05) is 55.6 Å². The Hall–Kier alpha value is -3.05. The number of nitrogens with zero attached hydrogens (tertiary/aromatic N) is 2. The second-order valence-corrected chi connectivity index (χ2v) is 7.19. The first-order chi connectivity index (χ1) is 12.6. The highest BCUT2D eigenvalue weighted by molar-refractivity contribution is 7.09. The second-order valence-electron chi connectivity index (χ2n) is 6.13. The first-order valence-electron chi connectivity index (χ1n) is 8.24. The van der Waals surface area contributed by atoms with E-state index in [1.54, 1.807) is 18.2 Å². The van der Waals surface area contributed by atoms with Crippen molar-refractivity contribution in [3.8, 4) is 0 Å². The van der Waals surface area contributed by atoms with Crippen molar-refractivity contribution in [2.24, 2.45) is 0 Å². The van der Waals surface area contributed by atoms with Crippen LogP contribution >= 0.6 is 11.3 Å². The van der Waals surface area contributed by atoms with Crippen LogP contribution in [0.1, 0.15) is 32.2 Å². The van der Waals surface area contributed by atoms with E-state index in [9.17, 15) is 9.59 Å². The van der Waals surface area contributed by atoms with Gasteiger partial charge < -0.3 is 0 Å². The standard InChI is InChI=1S/C21H16N2O2S/c1-13-7-3-6-10-19(13)23-20(24)17-9-5-4-8-16(17)18(21(23)25)11-15-12-26-14(2)22-15/h3-12H,1-2H3. The fourth-order valence-corrected chi connectivity index (χ4v) is 3.69. The molecule has 0 atom stereocenters. The van der Waals surface area contributed by atoms with Crippen LogP contribution < -0.4 is 4.90 Å². The Bertz CT molecular complexity index is 1070. The SMILES string of the molecule is Cc1nc(C=C2C(=O)N(c3ccccc3C)C(=O)c3ccccc32)cs1. The monoisotopic (exact) mass is 360 g/mol. The number of carbonyl (C=O) groups excluding carboxylic acids is 2. The summed E-state index contributed by atoms with van der Waals surface area (Å²) < 4.78 is 0. The minimum absolute atomic E-state index is 0.300. The predicted octanol–water partition coefficient (Wildman–Crippen LogP) is 4.49. The van der Waals surface area contributed by atoms with Crippen molar-refractivity contribution >= 4 is 40.5 Å². The van der Waals surface area contributed by atoms with Gasteiger partial charge >= 0.3 is 0 Å². The molecule has 0 fully saturated rings. The molecule has 3 aromatic rings. The summed E-state index contributed by atoms with van der Waals surface area (Å²) in [6.45, 7) is 3.82. The van der Waals surface area contributed by atoms with Crippen LogP contribution in [0.15, 0.2) is 53.9 Å². The first-order valence-corrected chi connectivity index (χ1v) is 9.12. The number of hydrogen-bond donors (Lipinski definition) is 0. The van der Waals surface area contributed by atoms with E-state index in [4.69, 9.17) is 0 Å². The van der Waals surface area contributed by atoms with Crippen LogP contribution in [0.3, 0.4) is 0 Å². The zero-order chi connectivity index (χ0) is 18.3. The number of anilines is 1. The lowest BCUT2D eigenvalue weighted by Gasteiger charge is -2.29. The van der Waals surface area contributed by atoms with Crippen LogP contribution in [0.4, 0.5) is 5.69 Å². The van der Waals surface area contributed by atoms with Gasteiger partial charge in [0, 0.05) is 16.5 Å². The molecule has 0 N–H and O–H groups in total. The van der Waals surface area contributed by atoms with Crippen LogP contribution in [0.5, 0.6) is 0 Å². The predicted molar refractivity (Wildman–Crippen MR) is 104 cm³/mol. The van der Waals surface area contributed by atoms with Crippen LogP contribution in [0, 0.1) is 13.8 Å². The quantitative estimate of drug-likeness (QED) is 0.500. The summed E-state index contributed by atoms with van der Waals surface area (Å²) in [5.74, 6) is -0.625. The van der Waals surface area contributed by atoms with E-state index < -0.39 is 0 Å². The van der Waals surface area contributed by atoms with Gasteiger partial charge in [-0.3, -0.25) is 9.59 Å². The molecule has 2 amide bonds. The molecule has 2 heterocycles. The zero-order valence-electron chi connectivity index (χ0n) is 14.4. The molecule has 0 aliphatic carbocycles. The Morgan fingerprint density at radius 3 is 2.31 bits per heavy atom. The van der Waals surface area contributed by atoms with Gasteiger partial charge in [0.2, 0.25) is 0 Å². The zero-order valence-corrected chi connectivity index (χ0v) is 15.2. The summed E-state index contributed by atoms with van der Waals surface area (Å²) in [5, 5.41) is 2.84. The molecule has 1 aromatic heterocycles. The molecule has 4 rings (SSSR count). The fourth-order valence-electron chi connectivity index (χ4n) is 3.12. The molecule has 4 nitrogen and oxygen atoms in total. The third-order valence-electron chi connectivity index (χ3n) is 4.37. The van der Waals surface area contributed by atoms with Gasteiger partial charge in [-0.2, -0.15) is 0 Å². The van der Waals surface area contributed by atoms with Crippen molar-refractivity contribution in [3.05, 3.63) is 81.3 Å². The van der Waals surface area contributed by atoms with Gasteiger partial charge in [0.25, 0.3) is 11.8 Å². The highest BCUT2D eigenvalue weighted by Gasteiger charge is 2.36. The topological polar surface area (TPSA) is 50.3 Å². The number of thiazole rings is 1. The maximum atomic E-state index is 13.3. The molecule has 0 spiro atoms. The van der Waals surface area contributed by atoms with Gasteiger partial charge in [0.05, 0.1) is 22.0 Å². The molecule has 0 radical (unpaired) electrons. The number of fused-ring (bicyclic) bond motifs is 1. The average Bonchev–Trinajstić information content (AvgIpc) is 3.05. The molecule has 0 bridgehead atoms. The normalized spacial score (nSPS) is 15.5. The largest absolute Gasteiger partial charge is 0.268 e. The third kappa shape index (κ3) is 2.66. The van der Waals surface area contributed by atoms with E-state index >= 15 is 0 Å². The van der Waals surface area contributed by atoms with Crippen molar-refractivity contribution in [1.82, 2.24) is 4.98 Å². The van der Waals surface area contributed by atoms with Crippen molar-refractivity contribution in [2.45, 2.75) is 13.8 Å². The van der Waals surface area contributed by atoms with Gasteiger partial charge in [-0.1, -0.05) is 36.4 Å². The summed E-state index contributed by atoms with van der Waals surface area (Å²) in [4.78, 5) is 32.0. The molecular formula is C21H16N2O2S. The number of carbonyl (C=O) groups is 2. The maximum Gasteiger partial charge on any atom is 0.266 e. The Morgan fingerprint density at radius 1 is 0.923 bits per heavy atom. The molecule has 26 heavy (non-hydrogen) atoms. The molecule has 5 heteroatoms. The molecule has 1 aliphatic heterocycles. The number of imide groups is 1. The first kappa shape index (κ1) is 16.4. The van der Waals surface area contributed by atoms with E-state index in [-0.39, 0.29) is 11.8 Å². The van der Waals surface area contributed by atoms with Crippen molar-refractivity contribution in [1.29, 1.82) is 0 Å². The highest BCUT2D eigenvalue weighted by atomic mass is 32.1. The molecule has 0 saturated heterocycles. The van der Waals surface area contributed by atoms with E-state index in [2.05, 4.69) is 4.98 Å². The van der Waals surface area contributed by atoms with Gasteiger partial charge in [-0.15, -0.1) is 11.3 Å². The van der Waals surface area contributed by atoms with Gasteiger partial charge in [-0.25, -0.2) is 9.88 Å². The van der Waals surface area contributed by atoms with Gasteiger partial charge in [0.1, 0.15) is 0 Å². The van der Waals surface area contributed by atoms with E-state index in [0.29, 0.717) is 22.4 Å². The number of rotatable bonds is 2. The minimum Gasteiger partial charge on any atom is -0.268 e. The number of aromatic nitrogens is 1. The maximum absolute atomic E-state index is 13.3. The van der Waals surface area contributed by atoms with E-state index in [0.717, 1.165) is 16.3 Å². The summed E-state index contributed by atoms with van der Waals surface area (Å²) in [6.07, 6.45) is 1.77. The van der Waals surface area contributed by atoms with Crippen molar-refractivity contribution < 1.29 is 9.59 Å². The number of amides is 2. The van der Waals surface area contributed by atoms with Crippen molar-refractivity contribution in [2.75, 3.05) is 4.90 Å². The van der Waals surface area contributed by atoms with Crippen molar-refractivity contribution in [3.63, 3.8) is 0 Å². The Morgan fingerprint density at radius 2 is 1.62 bits per heavy atom. The second kappa shape index (κ2) is 6.35. The molecule has 1 aliphatic rings. The molecule has 0 unspecified atom stereocenters. The van der Waals surface area contributed by atoms with Crippen LogP contribution in [-0.2, 0) is 4.79 Å². The molecular weight excluding hydrogens is 344 g/mol. The summed E-state index contributed by atoms with van der Waals surface area (Å²) in [7, 11) is 0. The Labute approximate surface area is 155 Å². The Balaban J connectivity index is 1.93. The average molecular weight is 360 g/mol. The fraction of sp³-hybridized carbons (Fsp3) is 0.0952.